The van der Waals surface area contributed by atoms with Crippen LogP contribution in [0, 0.1) is 5.92 Å². The monoisotopic (exact) mass is 423 g/mol. The van der Waals surface area contributed by atoms with Gasteiger partial charge in [-0.15, -0.1) is 0 Å². The molecule has 0 bridgehead atoms. The highest BCUT2D eigenvalue weighted by Crippen LogP contribution is 2.43. The maximum absolute atomic E-state index is 11.3. The number of piperidine rings is 1. The number of aliphatic hydroxyl groups is 1. The number of hydrogen-bond donors (Lipinski definition) is 1. The van der Waals surface area contributed by atoms with Crippen molar-refractivity contribution in [2.24, 2.45) is 5.92 Å². The standard InChI is InChI=1S/C26H33NO4/c1-29-23-4-2-3-20(16-23)15-19-9-13-27(14-10-19)22-7-11-26(28,12-8-22)21-5-6-24-25(17-21)31-18-30-24/h2-6,16-17,19,22,28H,7-15,18H2,1H3. The molecule has 0 amide bonds. The molecular weight excluding hydrogens is 390 g/mol. The summed E-state index contributed by atoms with van der Waals surface area (Å²) in [6.07, 6.45) is 7.35. The molecule has 5 rings (SSSR count). The van der Waals surface area contributed by atoms with Crippen molar-refractivity contribution in [3.8, 4) is 17.2 Å². The van der Waals surface area contributed by atoms with Crippen molar-refractivity contribution in [2.45, 2.75) is 56.6 Å². The lowest BCUT2D eigenvalue weighted by Gasteiger charge is -2.43. The molecule has 2 aromatic carbocycles. The number of methoxy groups -OCH3 is 1. The Labute approximate surface area is 184 Å². The molecule has 1 N–H and O–H groups in total. The van der Waals surface area contributed by atoms with Crippen LogP contribution in [0.25, 0.3) is 0 Å². The molecule has 1 saturated heterocycles. The van der Waals surface area contributed by atoms with E-state index in [1.165, 1.54) is 31.5 Å². The lowest BCUT2D eigenvalue weighted by molar-refractivity contribution is -0.0296. The molecule has 0 radical (unpaired) electrons. The first kappa shape index (κ1) is 20.7. The van der Waals surface area contributed by atoms with Crippen molar-refractivity contribution in [3.05, 3.63) is 53.6 Å². The number of ether oxygens (including phenoxy) is 3. The summed E-state index contributed by atoms with van der Waals surface area (Å²) >= 11 is 0. The zero-order valence-electron chi connectivity index (χ0n) is 18.4. The summed E-state index contributed by atoms with van der Waals surface area (Å²) in [5.74, 6) is 3.23. The lowest BCUT2D eigenvalue weighted by Crippen LogP contribution is -2.46. The van der Waals surface area contributed by atoms with Crippen molar-refractivity contribution in [2.75, 3.05) is 27.0 Å². The third-order valence-corrected chi connectivity index (χ3v) is 7.52. The van der Waals surface area contributed by atoms with Crippen LogP contribution in [0.1, 0.15) is 49.7 Å². The molecule has 1 aliphatic carbocycles. The van der Waals surface area contributed by atoms with Gasteiger partial charge in [-0.25, -0.2) is 0 Å². The second kappa shape index (κ2) is 8.71. The number of likely N-dealkylation sites (tertiary alicyclic amines) is 1. The van der Waals surface area contributed by atoms with E-state index >= 15 is 0 Å². The van der Waals surface area contributed by atoms with Gasteiger partial charge in [0.05, 0.1) is 12.7 Å². The van der Waals surface area contributed by atoms with Gasteiger partial charge >= 0.3 is 0 Å². The van der Waals surface area contributed by atoms with E-state index in [0.29, 0.717) is 6.04 Å². The number of fused-ring (bicyclic) bond motifs is 1. The Hall–Kier alpha value is -2.24. The number of nitrogens with zero attached hydrogens (tertiary/aromatic N) is 1. The fourth-order valence-electron chi connectivity index (χ4n) is 5.57. The van der Waals surface area contributed by atoms with Gasteiger partial charge in [0.2, 0.25) is 6.79 Å². The third kappa shape index (κ3) is 4.39. The Bertz CT molecular complexity index is 898. The van der Waals surface area contributed by atoms with E-state index < -0.39 is 5.60 Å². The summed E-state index contributed by atoms with van der Waals surface area (Å²) in [6.45, 7) is 2.61. The molecule has 1 saturated carbocycles. The van der Waals surface area contributed by atoms with E-state index in [1.807, 2.05) is 24.3 Å². The Balaban J connectivity index is 1.13. The van der Waals surface area contributed by atoms with Crippen LogP contribution >= 0.6 is 0 Å². The van der Waals surface area contributed by atoms with Crippen LogP contribution in [-0.4, -0.2) is 43.0 Å². The van der Waals surface area contributed by atoms with Crippen LogP contribution in [0.15, 0.2) is 42.5 Å². The van der Waals surface area contributed by atoms with E-state index in [4.69, 9.17) is 14.2 Å². The first-order valence-corrected chi connectivity index (χ1v) is 11.6. The molecule has 5 heteroatoms. The molecule has 0 spiro atoms. The quantitative estimate of drug-likeness (QED) is 0.767. The van der Waals surface area contributed by atoms with Gasteiger partial charge in [-0.05, 0) is 99.3 Å². The Kier molecular flexibility index (Phi) is 5.81. The highest BCUT2D eigenvalue weighted by molar-refractivity contribution is 5.46. The normalized spacial score (nSPS) is 26.7. The predicted octanol–water partition coefficient (Wildman–Crippen LogP) is 4.51. The minimum atomic E-state index is -0.748. The van der Waals surface area contributed by atoms with Gasteiger partial charge < -0.3 is 24.2 Å². The lowest BCUT2D eigenvalue weighted by atomic mass is 9.76. The van der Waals surface area contributed by atoms with Crippen molar-refractivity contribution in [1.29, 1.82) is 0 Å². The summed E-state index contributed by atoms with van der Waals surface area (Å²) in [7, 11) is 1.73. The first-order chi connectivity index (χ1) is 15.1. The summed E-state index contributed by atoms with van der Waals surface area (Å²) in [5, 5.41) is 11.3. The minimum absolute atomic E-state index is 0.271. The topological polar surface area (TPSA) is 51.2 Å². The number of rotatable bonds is 5. The molecule has 2 fully saturated rings. The van der Waals surface area contributed by atoms with E-state index in [1.54, 1.807) is 7.11 Å². The molecule has 5 nitrogen and oxygen atoms in total. The van der Waals surface area contributed by atoms with Crippen LogP contribution in [0.2, 0.25) is 0 Å². The summed E-state index contributed by atoms with van der Waals surface area (Å²) in [6, 6.07) is 15.0. The largest absolute Gasteiger partial charge is 0.497 e. The average molecular weight is 424 g/mol. The molecule has 31 heavy (non-hydrogen) atoms. The predicted molar refractivity (Wildman–Crippen MR) is 120 cm³/mol. The molecule has 2 aromatic rings. The Morgan fingerprint density at radius 3 is 2.55 bits per heavy atom. The van der Waals surface area contributed by atoms with E-state index in [9.17, 15) is 5.11 Å². The molecule has 0 aromatic heterocycles. The van der Waals surface area contributed by atoms with Gasteiger partial charge in [-0.2, -0.15) is 0 Å². The second-order valence-electron chi connectivity index (χ2n) is 9.37. The maximum atomic E-state index is 11.3. The Morgan fingerprint density at radius 1 is 1.00 bits per heavy atom. The fourth-order valence-corrected chi connectivity index (χ4v) is 5.57. The van der Waals surface area contributed by atoms with Gasteiger partial charge in [0.15, 0.2) is 11.5 Å². The van der Waals surface area contributed by atoms with Crippen LogP contribution in [0.4, 0.5) is 0 Å². The second-order valence-corrected chi connectivity index (χ2v) is 9.37. The molecule has 2 aliphatic heterocycles. The van der Waals surface area contributed by atoms with Crippen LogP contribution in [-0.2, 0) is 12.0 Å². The van der Waals surface area contributed by atoms with Crippen LogP contribution in [0.3, 0.4) is 0 Å². The van der Waals surface area contributed by atoms with E-state index in [-0.39, 0.29) is 6.79 Å². The molecule has 2 heterocycles. The Morgan fingerprint density at radius 2 is 1.77 bits per heavy atom. The van der Waals surface area contributed by atoms with E-state index in [0.717, 1.165) is 60.8 Å². The molecule has 0 atom stereocenters. The summed E-state index contributed by atoms with van der Waals surface area (Å²) in [5.41, 5.74) is 1.60. The molecule has 166 valence electrons. The van der Waals surface area contributed by atoms with Gasteiger partial charge in [-0.3, -0.25) is 0 Å². The maximum Gasteiger partial charge on any atom is 0.231 e. The number of hydrogen-bond acceptors (Lipinski definition) is 5. The highest BCUT2D eigenvalue weighted by atomic mass is 16.7. The SMILES string of the molecule is COc1cccc(CC2CCN(C3CCC(O)(c4ccc5c(c4)OCO5)CC3)CC2)c1. The summed E-state index contributed by atoms with van der Waals surface area (Å²) < 4.78 is 16.3. The van der Waals surface area contributed by atoms with Crippen LogP contribution in [0.5, 0.6) is 17.2 Å². The van der Waals surface area contributed by atoms with Crippen molar-refractivity contribution < 1.29 is 19.3 Å². The average Bonchev–Trinajstić information content (AvgIpc) is 3.28. The minimum Gasteiger partial charge on any atom is -0.497 e. The van der Waals surface area contributed by atoms with E-state index in [2.05, 4.69) is 23.1 Å². The smallest absolute Gasteiger partial charge is 0.231 e. The zero-order valence-corrected chi connectivity index (χ0v) is 18.4. The van der Waals surface area contributed by atoms with Gasteiger partial charge in [-0.1, -0.05) is 18.2 Å². The molecule has 3 aliphatic rings. The highest BCUT2D eigenvalue weighted by Gasteiger charge is 2.38. The van der Waals surface area contributed by atoms with Crippen molar-refractivity contribution in [3.63, 3.8) is 0 Å². The molecule has 0 unspecified atom stereocenters. The van der Waals surface area contributed by atoms with Crippen molar-refractivity contribution >= 4 is 0 Å². The zero-order chi connectivity index (χ0) is 21.3. The molecular formula is C26H33NO4. The third-order valence-electron chi connectivity index (χ3n) is 7.52. The summed E-state index contributed by atoms with van der Waals surface area (Å²) in [4.78, 5) is 2.67. The number of benzene rings is 2. The first-order valence-electron chi connectivity index (χ1n) is 11.6. The van der Waals surface area contributed by atoms with Gasteiger partial charge in [0.1, 0.15) is 5.75 Å². The van der Waals surface area contributed by atoms with Gasteiger partial charge in [0, 0.05) is 6.04 Å². The van der Waals surface area contributed by atoms with Crippen LogP contribution < -0.4 is 14.2 Å². The fraction of sp³-hybridized carbons (Fsp3) is 0.538. The van der Waals surface area contributed by atoms with Crippen molar-refractivity contribution in [1.82, 2.24) is 4.90 Å². The van der Waals surface area contributed by atoms with Gasteiger partial charge in [0.25, 0.3) is 0 Å².